The Morgan fingerprint density at radius 1 is 1.33 bits per heavy atom. The number of alkyl halides is 1. The van der Waals surface area contributed by atoms with Crippen LogP contribution in [-0.2, 0) is 4.79 Å². The molecule has 0 heterocycles. The van der Waals surface area contributed by atoms with Crippen LogP contribution in [0.25, 0.3) is 0 Å². The minimum Gasteiger partial charge on any atom is -0.480 e. The molecule has 1 amide bonds. The molecule has 0 aromatic heterocycles. The van der Waals surface area contributed by atoms with Gasteiger partial charge in [0.15, 0.2) is 0 Å². The number of halogens is 1. The van der Waals surface area contributed by atoms with E-state index in [1.807, 2.05) is 0 Å². The van der Waals surface area contributed by atoms with Crippen LogP contribution in [0.15, 0.2) is 48.3 Å². The maximum absolute atomic E-state index is 12.9. The van der Waals surface area contributed by atoms with Crippen molar-refractivity contribution < 1.29 is 23.8 Å². The number of allylic oxidation sites excluding steroid dienone is 3. The third kappa shape index (κ3) is 4.45. The highest BCUT2D eigenvalue weighted by atomic mass is 19.1. The summed E-state index contributed by atoms with van der Waals surface area (Å²) in [5, 5.41) is 10.7. The maximum atomic E-state index is 12.9. The number of benzene rings is 1. The highest BCUT2D eigenvalue weighted by molar-refractivity contribution is 5.95. The van der Waals surface area contributed by atoms with Crippen molar-refractivity contribution >= 4 is 11.9 Å². The first-order valence-electron chi connectivity index (χ1n) is 6.35. The van der Waals surface area contributed by atoms with E-state index in [2.05, 4.69) is 5.32 Å². The summed E-state index contributed by atoms with van der Waals surface area (Å²) >= 11 is 0. The van der Waals surface area contributed by atoms with Crippen LogP contribution in [0, 0.1) is 0 Å². The molecule has 0 bridgehead atoms. The maximum Gasteiger partial charge on any atom is 0.322 e. The van der Waals surface area contributed by atoms with Crippen LogP contribution in [0.5, 0.6) is 5.75 Å². The predicted octanol–water partition coefficient (Wildman–Crippen LogP) is 2.06. The van der Waals surface area contributed by atoms with Crippen LogP contribution >= 0.6 is 0 Å². The van der Waals surface area contributed by atoms with Crippen LogP contribution in [0.3, 0.4) is 0 Å². The first-order valence-corrected chi connectivity index (χ1v) is 6.35. The zero-order valence-electron chi connectivity index (χ0n) is 11.1. The van der Waals surface area contributed by atoms with Crippen LogP contribution in [-0.4, -0.2) is 29.7 Å². The largest absolute Gasteiger partial charge is 0.480 e. The van der Waals surface area contributed by atoms with Gasteiger partial charge in [0.05, 0.1) is 0 Å². The summed E-state index contributed by atoms with van der Waals surface area (Å²) in [6.45, 7) is -0.431. The van der Waals surface area contributed by atoms with Crippen molar-refractivity contribution in [1.82, 2.24) is 5.32 Å². The molecule has 0 spiro atoms. The van der Waals surface area contributed by atoms with E-state index >= 15 is 0 Å². The molecule has 6 heteroatoms. The molecule has 1 aromatic carbocycles. The van der Waals surface area contributed by atoms with Gasteiger partial charge in [-0.25, -0.2) is 4.39 Å². The molecule has 0 saturated carbocycles. The first-order chi connectivity index (χ1) is 10.0. The normalized spacial score (nSPS) is 17.0. The Hall–Kier alpha value is -2.63. The third-order valence-electron chi connectivity index (χ3n) is 2.77. The molecule has 1 aliphatic carbocycles. The van der Waals surface area contributed by atoms with Gasteiger partial charge < -0.3 is 15.2 Å². The molecule has 21 heavy (non-hydrogen) atoms. The lowest BCUT2D eigenvalue weighted by Crippen LogP contribution is -2.29. The van der Waals surface area contributed by atoms with Crippen molar-refractivity contribution in [2.24, 2.45) is 0 Å². The van der Waals surface area contributed by atoms with Gasteiger partial charge in [-0.1, -0.05) is 0 Å². The fourth-order valence-electron chi connectivity index (χ4n) is 1.72. The zero-order valence-corrected chi connectivity index (χ0v) is 11.1. The number of carbonyl (C=O) groups excluding carboxylic acids is 1. The summed E-state index contributed by atoms with van der Waals surface area (Å²) < 4.78 is 18.4. The SMILES string of the molecule is O=C(O)CNC(=O)c1ccc(OC2=CCC(F)C=C2)cc1. The Bertz CT molecular complexity index is 592. The molecule has 1 aliphatic rings. The van der Waals surface area contributed by atoms with E-state index in [9.17, 15) is 14.0 Å². The topological polar surface area (TPSA) is 75.6 Å². The molecule has 0 fully saturated rings. The molecular formula is C15H14FNO4. The van der Waals surface area contributed by atoms with Gasteiger partial charge in [-0.15, -0.1) is 0 Å². The van der Waals surface area contributed by atoms with Crippen LogP contribution < -0.4 is 10.1 Å². The van der Waals surface area contributed by atoms with E-state index in [1.165, 1.54) is 18.2 Å². The quantitative estimate of drug-likeness (QED) is 0.870. The highest BCUT2D eigenvalue weighted by Crippen LogP contribution is 2.19. The predicted molar refractivity (Wildman–Crippen MR) is 73.8 cm³/mol. The molecule has 2 rings (SSSR count). The van der Waals surface area contributed by atoms with Gasteiger partial charge in [0.2, 0.25) is 0 Å². The van der Waals surface area contributed by atoms with Gasteiger partial charge in [-0.05, 0) is 42.5 Å². The second kappa shape index (κ2) is 6.69. The van der Waals surface area contributed by atoms with Gasteiger partial charge in [0, 0.05) is 12.0 Å². The van der Waals surface area contributed by atoms with Crippen LogP contribution in [0.1, 0.15) is 16.8 Å². The van der Waals surface area contributed by atoms with Crippen molar-refractivity contribution in [1.29, 1.82) is 0 Å². The molecule has 0 radical (unpaired) electrons. The molecule has 1 atom stereocenters. The fourth-order valence-corrected chi connectivity index (χ4v) is 1.72. The monoisotopic (exact) mass is 291 g/mol. The number of ether oxygens (including phenoxy) is 1. The summed E-state index contributed by atoms with van der Waals surface area (Å²) in [6.07, 6.45) is 3.93. The van der Waals surface area contributed by atoms with E-state index in [1.54, 1.807) is 24.3 Å². The Morgan fingerprint density at radius 3 is 2.62 bits per heavy atom. The lowest BCUT2D eigenvalue weighted by Gasteiger charge is -2.11. The first kappa shape index (κ1) is 14.8. The lowest BCUT2D eigenvalue weighted by atomic mass is 10.1. The van der Waals surface area contributed by atoms with E-state index in [0.29, 0.717) is 17.1 Å². The number of aliphatic carboxylic acids is 1. The van der Waals surface area contributed by atoms with Crippen LogP contribution in [0.4, 0.5) is 4.39 Å². The summed E-state index contributed by atoms with van der Waals surface area (Å²) in [5.41, 5.74) is 0.334. The second-order valence-corrected chi connectivity index (χ2v) is 4.42. The number of nitrogens with one attached hydrogen (secondary N) is 1. The summed E-state index contributed by atoms with van der Waals surface area (Å²) in [7, 11) is 0. The molecule has 0 aliphatic heterocycles. The molecule has 2 N–H and O–H groups in total. The molecule has 0 saturated heterocycles. The third-order valence-corrected chi connectivity index (χ3v) is 2.77. The number of hydrogen-bond donors (Lipinski definition) is 2. The van der Waals surface area contributed by atoms with Gasteiger partial charge in [0.1, 0.15) is 24.2 Å². The highest BCUT2D eigenvalue weighted by Gasteiger charge is 2.09. The standard InChI is InChI=1S/C15H14FNO4/c16-11-3-7-13(8-4-11)21-12-5-1-10(2-6-12)15(20)17-9-14(18)19/h1-3,5-8,11H,4,9H2,(H,17,20)(H,18,19). The summed E-state index contributed by atoms with van der Waals surface area (Å²) in [6, 6.07) is 6.23. The van der Waals surface area contributed by atoms with Crippen molar-refractivity contribution in [3.63, 3.8) is 0 Å². The second-order valence-electron chi connectivity index (χ2n) is 4.42. The number of amides is 1. The van der Waals surface area contributed by atoms with Crippen molar-refractivity contribution in [3.8, 4) is 5.75 Å². The van der Waals surface area contributed by atoms with E-state index < -0.39 is 24.6 Å². The minimum atomic E-state index is -1.11. The zero-order chi connectivity index (χ0) is 15.2. The van der Waals surface area contributed by atoms with Gasteiger partial charge in [0.25, 0.3) is 5.91 Å². The number of carbonyl (C=O) groups is 2. The van der Waals surface area contributed by atoms with Gasteiger partial charge in [-0.3, -0.25) is 9.59 Å². The average Bonchev–Trinajstić information content (AvgIpc) is 2.48. The Labute approximate surface area is 120 Å². The molecule has 1 aromatic rings. The van der Waals surface area contributed by atoms with E-state index in [0.717, 1.165) is 0 Å². The average molecular weight is 291 g/mol. The van der Waals surface area contributed by atoms with Crippen LogP contribution in [0.2, 0.25) is 0 Å². The summed E-state index contributed by atoms with van der Waals surface area (Å²) in [4.78, 5) is 22.0. The van der Waals surface area contributed by atoms with E-state index in [-0.39, 0.29) is 6.42 Å². The summed E-state index contributed by atoms with van der Waals surface area (Å²) in [5.74, 6) is -0.517. The van der Waals surface area contributed by atoms with Crippen molar-refractivity contribution in [3.05, 3.63) is 53.8 Å². The Balaban J connectivity index is 1.94. The van der Waals surface area contributed by atoms with Crippen molar-refractivity contribution in [2.75, 3.05) is 6.54 Å². The lowest BCUT2D eigenvalue weighted by molar-refractivity contribution is -0.135. The van der Waals surface area contributed by atoms with E-state index in [4.69, 9.17) is 9.84 Å². The number of hydrogen-bond acceptors (Lipinski definition) is 3. The van der Waals surface area contributed by atoms with Gasteiger partial charge >= 0.3 is 5.97 Å². The minimum absolute atomic E-state index is 0.279. The van der Waals surface area contributed by atoms with Crippen molar-refractivity contribution in [2.45, 2.75) is 12.6 Å². The van der Waals surface area contributed by atoms with Gasteiger partial charge in [-0.2, -0.15) is 0 Å². The Morgan fingerprint density at radius 2 is 2.05 bits per heavy atom. The molecule has 110 valence electrons. The molecule has 1 unspecified atom stereocenters. The number of carboxylic acids is 1. The molecule has 5 nitrogen and oxygen atoms in total. The Kier molecular flexibility index (Phi) is 4.71. The molecular weight excluding hydrogens is 277 g/mol. The fraction of sp³-hybridized carbons (Fsp3) is 0.200. The smallest absolute Gasteiger partial charge is 0.322 e. The number of rotatable bonds is 5. The number of carboxylic acid groups (broad SMARTS) is 1.